The van der Waals surface area contributed by atoms with Crippen molar-refractivity contribution in [3.8, 4) is 0 Å². The van der Waals surface area contributed by atoms with E-state index in [1.54, 1.807) is 13.2 Å². The second-order valence-electron chi connectivity index (χ2n) is 10.1. The van der Waals surface area contributed by atoms with Gasteiger partial charge < -0.3 is 25.6 Å². The van der Waals surface area contributed by atoms with E-state index in [2.05, 4.69) is 46.7 Å². The fraction of sp³-hybridized carbons (Fsp3) is 0.640. The number of hydrogen-bond donors (Lipinski definition) is 3. The van der Waals surface area contributed by atoms with E-state index in [9.17, 15) is 4.79 Å². The molecule has 1 heterocycles. The van der Waals surface area contributed by atoms with Gasteiger partial charge in [0.25, 0.3) is 0 Å². The Labute approximate surface area is 208 Å². The maximum Gasteiger partial charge on any atom is 0.239 e. The minimum atomic E-state index is -0.0633. The average molecular weight is 491 g/mol. The first-order chi connectivity index (χ1) is 16.1. The summed E-state index contributed by atoms with van der Waals surface area (Å²) in [7, 11) is 5.49. The topological polar surface area (TPSA) is 91.4 Å². The molecule has 0 saturated heterocycles. The van der Waals surface area contributed by atoms with Crippen molar-refractivity contribution in [3.63, 3.8) is 0 Å². The van der Waals surface area contributed by atoms with E-state index in [1.807, 2.05) is 31.1 Å². The third-order valence-corrected chi connectivity index (χ3v) is 6.89. The first kappa shape index (κ1) is 26.4. The Morgan fingerprint density at radius 2 is 2.03 bits per heavy atom. The molecule has 1 aromatic heterocycles. The van der Waals surface area contributed by atoms with Crippen molar-refractivity contribution in [2.75, 3.05) is 44.6 Å². The lowest BCUT2D eigenvalue weighted by Crippen LogP contribution is -2.53. The number of fused-ring (bicyclic) bond motifs is 1. The molecule has 9 heteroatoms. The van der Waals surface area contributed by atoms with Crippen LogP contribution in [-0.4, -0.2) is 67.9 Å². The van der Waals surface area contributed by atoms with Gasteiger partial charge in [0.1, 0.15) is 5.82 Å². The zero-order chi connectivity index (χ0) is 24.9. The van der Waals surface area contributed by atoms with Gasteiger partial charge in [-0.25, -0.2) is 4.98 Å². The number of halogens is 1. The molecule has 1 aromatic carbocycles. The second-order valence-corrected chi connectivity index (χ2v) is 10.5. The first-order valence-electron chi connectivity index (χ1n) is 12.1. The van der Waals surface area contributed by atoms with Crippen LogP contribution in [0.1, 0.15) is 46.5 Å². The quantitative estimate of drug-likeness (QED) is 0.466. The SMILES string of the molecule is CCC(C)(C)N[C@@H]1CC[C@H](NC(=O)CNc2nc(N(C)C)nc3ccc(Cl)cc23)[C@H](COC)C1. The van der Waals surface area contributed by atoms with Crippen LogP contribution in [0, 0.1) is 5.92 Å². The van der Waals surface area contributed by atoms with Crippen LogP contribution in [0.5, 0.6) is 0 Å². The van der Waals surface area contributed by atoms with Crippen LogP contribution in [-0.2, 0) is 9.53 Å². The monoisotopic (exact) mass is 490 g/mol. The Balaban J connectivity index is 1.65. The van der Waals surface area contributed by atoms with E-state index < -0.39 is 0 Å². The molecular weight excluding hydrogens is 452 g/mol. The average Bonchev–Trinajstić information content (AvgIpc) is 2.79. The van der Waals surface area contributed by atoms with Crippen molar-refractivity contribution in [2.45, 2.75) is 64.1 Å². The van der Waals surface area contributed by atoms with Gasteiger partial charge in [0.15, 0.2) is 0 Å². The number of carbonyl (C=O) groups is 1. The molecule has 1 aliphatic rings. The van der Waals surface area contributed by atoms with Gasteiger partial charge in [-0.15, -0.1) is 0 Å². The summed E-state index contributed by atoms with van der Waals surface area (Å²) < 4.78 is 5.49. The molecule has 0 spiro atoms. The lowest BCUT2D eigenvalue weighted by Gasteiger charge is -2.40. The van der Waals surface area contributed by atoms with E-state index in [1.165, 1.54) is 0 Å². The molecule has 2 aromatic rings. The van der Waals surface area contributed by atoms with Gasteiger partial charge in [-0.3, -0.25) is 4.79 Å². The number of rotatable bonds is 10. The van der Waals surface area contributed by atoms with Crippen LogP contribution in [0.4, 0.5) is 11.8 Å². The summed E-state index contributed by atoms with van der Waals surface area (Å²) in [6, 6.07) is 6.00. The summed E-state index contributed by atoms with van der Waals surface area (Å²) in [5.74, 6) is 1.37. The van der Waals surface area contributed by atoms with Crippen molar-refractivity contribution >= 4 is 40.2 Å². The number of benzene rings is 1. The number of hydrogen-bond acceptors (Lipinski definition) is 7. The molecule has 1 fully saturated rings. The van der Waals surface area contributed by atoms with Gasteiger partial charge in [-0.05, 0) is 57.7 Å². The maximum absolute atomic E-state index is 12.9. The van der Waals surface area contributed by atoms with Gasteiger partial charge >= 0.3 is 0 Å². The van der Waals surface area contributed by atoms with E-state index in [0.717, 1.165) is 36.6 Å². The highest BCUT2D eigenvalue weighted by Gasteiger charge is 2.33. The fourth-order valence-electron chi connectivity index (χ4n) is 4.48. The Morgan fingerprint density at radius 1 is 1.26 bits per heavy atom. The van der Waals surface area contributed by atoms with Gasteiger partial charge in [-0.1, -0.05) is 18.5 Å². The summed E-state index contributed by atoms with van der Waals surface area (Å²) in [5.41, 5.74) is 0.878. The van der Waals surface area contributed by atoms with Crippen LogP contribution in [0.2, 0.25) is 5.02 Å². The normalized spacial score (nSPS) is 20.9. The summed E-state index contributed by atoms with van der Waals surface area (Å²) >= 11 is 6.20. The van der Waals surface area contributed by atoms with Gasteiger partial charge in [0, 0.05) is 55.2 Å². The Morgan fingerprint density at radius 3 is 2.71 bits per heavy atom. The smallest absolute Gasteiger partial charge is 0.239 e. The predicted octanol–water partition coefficient (Wildman–Crippen LogP) is 3.84. The molecular formula is C25H39ClN6O2. The van der Waals surface area contributed by atoms with Gasteiger partial charge in [0.05, 0.1) is 18.7 Å². The summed E-state index contributed by atoms with van der Waals surface area (Å²) in [4.78, 5) is 23.9. The van der Waals surface area contributed by atoms with Crippen LogP contribution >= 0.6 is 11.6 Å². The second kappa shape index (κ2) is 11.5. The van der Waals surface area contributed by atoms with Crippen molar-refractivity contribution in [2.24, 2.45) is 5.92 Å². The molecule has 3 atom stereocenters. The third-order valence-electron chi connectivity index (χ3n) is 6.65. The zero-order valence-corrected chi connectivity index (χ0v) is 22.0. The number of anilines is 2. The summed E-state index contributed by atoms with van der Waals surface area (Å²) in [6.07, 6.45) is 4.01. The molecule has 1 saturated carbocycles. The van der Waals surface area contributed by atoms with Gasteiger partial charge in [0.2, 0.25) is 11.9 Å². The van der Waals surface area contributed by atoms with Crippen LogP contribution in [0.15, 0.2) is 18.2 Å². The zero-order valence-electron chi connectivity index (χ0n) is 21.2. The third kappa shape index (κ3) is 6.93. The molecule has 0 aliphatic heterocycles. The maximum atomic E-state index is 12.9. The number of methoxy groups -OCH3 is 1. The number of ether oxygens (including phenoxy) is 1. The minimum Gasteiger partial charge on any atom is -0.384 e. The largest absolute Gasteiger partial charge is 0.384 e. The molecule has 3 rings (SSSR count). The number of amides is 1. The standard InChI is InChI=1S/C25H39ClN6O2/c1-7-25(2,3)31-18-9-11-20(16(12-18)15-34-6)28-22(33)14-27-23-19-13-17(26)8-10-21(19)29-24(30-23)32(4)5/h8,10,13,16,18,20,31H,7,9,11-12,14-15H2,1-6H3,(H,28,33)(H,27,29,30)/t16-,18+,20-/m0/s1. The number of nitrogens with one attached hydrogen (secondary N) is 3. The number of nitrogens with zero attached hydrogens (tertiary/aromatic N) is 3. The van der Waals surface area contributed by atoms with Crippen LogP contribution < -0.4 is 20.9 Å². The van der Waals surface area contributed by atoms with E-state index in [0.29, 0.717) is 29.4 Å². The van der Waals surface area contributed by atoms with Crippen molar-refractivity contribution in [1.82, 2.24) is 20.6 Å². The number of aromatic nitrogens is 2. The minimum absolute atomic E-state index is 0.0633. The van der Waals surface area contributed by atoms with Crippen molar-refractivity contribution in [3.05, 3.63) is 23.2 Å². The number of carbonyl (C=O) groups excluding carboxylic acids is 1. The molecule has 0 radical (unpaired) electrons. The molecule has 188 valence electrons. The Bertz CT molecular complexity index is 983. The van der Waals surface area contributed by atoms with E-state index in [4.69, 9.17) is 16.3 Å². The highest BCUT2D eigenvalue weighted by molar-refractivity contribution is 6.31. The summed E-state index contributed by atoms with van der Waals surface area (Å²) in [5, 5.41) is 11.6. The Kier molecular flexibility index (Phi) is 8.95. The molecule has 8 nitrogen and oxygen atoms in total. The van der Waals surface area contributed by atoms with Gasteiger partial charge in [-0.2, -0.15) is 4.98 Å². The molecule has 0 unspecified atom stereocenters. The van der Waals surface area contributed by atoms with Crippen LogP contribution in [0.25, 0.3) is 10.9 Å². The van der Waals surface area contributed by atoms with Crippen molar-refractivity contribution < 1.29 is 9.53 Å². The lowest BCUT2D eigenvalue weighted by atomic mass is 9.80. The summed E-state index contributed by atoms with van der Waals surface area (Å²) in [6.45, 7) is 7.43. The predicted molar refractivity (Wildman–Crippen MR) is 140 cm³/mol. The van der Waals surface area contributed by atoms with Crippen LogP contribution in [0.3, 0.4) is 0 Å². The first-order valence-corrected chi connectivity index (χ1v) is 12.4. The fourth-order valence-corrected chi connectivity index (χ4v) is 4.66. The molecule has 34 heavy (non-hydrogen) atoms. The van der Waals surface area contributed by atoms with E-state index in [-0.39, 0.29) is 30.0 Å². The lowest BCUT2D eigenvalue weighted by molar-refractivity contribution is -0.121. The molecule has 1 amide bonds. The molecule has 3 N–H and O–H groups in total. The highest BCUT2D eigenvalue weighted by Crippen LogP contribution is 2.28. The Hall–Kier alpha value is -2.16. The molecule has 0 bridgehead atoms. The van der Waals surface area contributed by atoms with Crippen molar-refractivity contribution in [1.29, 1.82) is 0 Å². The van der Waals surface area contributed by atoms with E-state index >= 15 is 0 Å². The highest BCUT2D eigenvalue weighted by atomic mass is 35.5. The molecule has 1 aliphatic carbocycles.